The van der Waals surface area contributed by atoms with E-state index in [1.807, 2.05) is 0 Å². The molecule has 0 aliphatic heterocycles. The summed E-state index contributed by atoms with van der Waals surface area (Å²) in [6.45, 7) is 17.4. The molecule has 8 aromatic rings. The maximum Gasteiger partial charge on any atom is 0.0491 e. The Morgan fingerprint density at radius 2 is 0.597 bits per heavy atom. The molecule has 2 heteroatoms. The topological polar surface area (TPSA) is 6.48 Å². The van der Waals surface area contributed by atoms with Crippen molar-refractivity contribution in [2.24, 2.45) is 0 Å². The van der Waals surface area contributed by atoms with Gasteiger partial charge in [-0.3, -0.25) is 0 Å². The molecule has 0 atom stereocenters. The Bertz CT molecular complexity index is 2690. The molecular weight excluding hydrogens is 749 g/mol. The van der Waals surface area contributed by atoms with Crippen molar-refractivity contribution in [2.75, 3.05) is 9.80 Å². The number of hydrogen-bond donors (Lipinski definition) is 0. The van der Waals surface area contributed by atoms with Crippen LogP contribution in [0.15, 0.2) is 170 Å². The van der Waals surface area contributed by atoms with Crippen molar-refractivity contribution in [1.82, 2.24) is 0 Å². The maximum absolute atomic E-state index is 2.39. The molecule has 8 rings (SSSR count). The highest BCUT2D eigenvalue weighted by Crippen LogP contribution is 2.42. The molecule has 0 radical (unpaired) electrons. The van der Waals surface area contributed by atoms with Gasteiger partial charge in [-0.1, -0.05) is 144 Å². The standard InChI is InChI=1S/C60H56N2/c1-41-9-17-49(18-10-41)21-23-51-25-33-57(39-45(51)5)61(55-29-13-43(3)14-30-55)59-35-27-53(37-47(59)7)54-28-36-60(48(8)38-54)62(56-31-15-44(4)16-32-56)58-34-26-52(46(6)40-58)24-22-50-19-11-42(2)12-20-50/h9-40H,1-8H3. The van der Waals surface area contributed by atoms with Crippen LogP contribution < -0.4 is 9.80 Å². The van der Waals surface area contributed by atoms with Crippen molar-refractivity contribution >= 4 is 58.4 Å². The SMILES string of the molecule is Cc1ccc(C=Cc2ccc(N(c3ccc(C)cc3)c3ccc(-c4ccc(N(c5ccc(C)cc5)c5ccc(C=Cc6ccc(C)cc6)c(C)c5)c(C)c4)cc3C)cc2C)cc1. The molecule has 0 saturated carbocycles. The van der Waals surface area contributed by atoms with Crippen molar-refractivity contribution < 1.29 is 0 Å². The van der Waals surface area contributed by atoms with Crippen molar-refractivity contribution in [2.45, 2.75) is 55.4 Å². The Labute approximate surface area is 369 Å². The summed E-state index contributed by atoms with van der Waals surface area (Å²) in [5.41, 5.74) is 24.0. The molecule has 0 saturated heterocycles. The van der Waals surface area contributed by atoms with Gasteiger partial charge in [0.05, 0.1) is 0 Å². The van der Waals surface area contributed by atoms with Gasteiger partial charge < -0.3 is 9.80 Å². The fraction of sp³-hybridized carbons (Fsp3) is 0.133. The van der Waals surface area contributed by atoms with Gasteiger partial charge in [-0.2, -0.15) is 0 Å². The van der Waals surface area contributed by atoms with Gasteiger partial charge in [0.25, 0.3) is 0 Å². The Hall–Kier alpha value is -7.16. The first-order valence-corrected chi connectivity index (χ1v) is 21.7. The molecule has 8 aromatic carbocycles. The summed E-state index contributed by atoms with van der Waals surface area (Å²) in [6, 6.07) is 62.4. The molecule has 0 bridgehead atoms. The molecule has 0 fully saturated rings. The van der Waals surface area contributed by atoms with Crippen molar-refractivity contribution in [3.8, 4) is 11.1 Å². The second-order valence-corrected chi connectivity index (χ2v) is 16.9. The molecular formula is C60H56N2. The third-order valence-electron chi connectivity index (χ3n) is 11.9. The van der Waals surface area contributed by atoms with Crippen molar-refractivity contribution in [3.05, 3.63) is 237 Å². The fourth-order valence-corrected chi connectivity index (χ4v) is 8.11. The zero-order chi connectivity index (χ0) is 43.3. The summed E-state index contributed by atoms with van der Waals surface area (Å²) in [6.07, 6.45) is 8.83. The predicted molar refractivity (Wildman–Crippen MR) is 270 cm³/mol. The van der Waals surface area contributed by atoms with E-state index in [1.54, 1.807) is 0 Å². The highest BCUT2D eigenvalue weighted by atomic mass is 15.1. The zero-order valence-corrected chi connectivity index (χ0v) is 37.4. The number of hydrogen-bond acceptors (Lipinski definition) is 2. The molecule has 306 valence electrons. The van der Waals surface area contributed by atoms with Crippen LogP contribution in [-0.4, -0.2) is 0 Å². The van der Waals surface area contributed by atoms with E-state index < -0.39 is 0 Å². The average Bonchev–Trinajstić information content (AvgIpc) is 3.27. The summed E-state index contributed by atoms with van der Waals surface area (Å²) < 4.78 is 0. The summed E-state index contributed by atoms with van der Waals surface area (Å²) in [7, 11) is 0. The first-order valence-electron chi connectivity index (χ1n) is 21.7. The molecule has 0 N–H and O–H groups in total. The van der Waals surface area contributed by atoms with E-state index in [1.165, 1.54) is 77.9 Å². The highest BCUT2D eigenvalue weighted by Gasteiger charge is 2.19. The molecule has 0 heterocycles. The summed E-state index contributed by atoms with van der Waals surface area (Å²) in [4.78, 5) is 4.77. The van der Waals surface area contributed by atoms with Crippen LogP contribution >= 0.6 is 0 Å². The minimum absolute atomic E-state index is 1.13. The number of benzene rings is 8. The lowest BCUT2D eigenvalue weighted by molar-refractivity contribution is 1.23. The number of aryl methyl sites for hydroxylation is 8. The largest absolute Gasteiger partial charge is 0.310 e. The van der Waals surface area contributed by atoms with Gasteiger partial charge in [-0.25, -0.2) is 0 Å². The van der Waals surface area contributed by atoms with Crippen LogP contribution in [-0.2, 0) is 0 Å². The van der Waals surface area contributed by atoms with Gasteiger partial charge >= 0.3 is 0 Å². The fourth-order valence-electron chi connectivity index (χ4n) is 8.11. The normalized spacial score (nSPS) is 11.4. The number of rotatable bonds is 11. The summed E-state index contributed by atoms with van der Waals surface area (Å²) >= 11 is 0. The molecule has 62 heavy (non-hydrogen) atoms. The predicted octanol–water partition coefficient (Wildman–Crippen LogP) is 17.1. The van der Waals surface area contributed by atoms with E-state index in [0.29, 0.717) is 0 Å². The van der Waals surface area contributed by atoms with E-state index in [-0.39, 0.29) is 0 Å². The quantitative estimate of drug-likeness (QED) is 0.120. The van der Waals surface area contributed by atoms with Crippen LogP contribution in [0.2, 0.25) is 0 Å². The third kappa shape index (κ3) is 9.41. The molecule has 0 spiro atoms. The van der Waals surface area contributed by atoms with Crippen LogP contribution in [0.25, 0.3) is 35.4 Å². The molecule has 2 nitrogen and oxygen atoms in total. The van der Waals surface area contributed by atoms with Crippen LogP contribution in [0, 0.1) is 55.4 Å². The molecule has 0 aromatic heterocycles. The second-order valence-electron chi connectivity index (χ2n) is 16.9. The smallest absolute Gasteiger partial charge is 0.0491 e. The van der Waals surface area contributed by atoms with E-state index in [2.05, 4.69) is 259 Å². The third-order valence-corrected chi connectivity index (χ3v) is 11.9. The van der Waals surface area contributed by atoms with Crippen LogP contribution in [0.5, 0.6) is 0 Å². The molecule has 0 aliphatic rings. The Morgan fingerprint density at radius 1 is 0.274 bits per heavy atom. The summed E-state index contributed by atoms with van der Waals surface area (Å²) in [5, 5.41) is 0. The Balaban J connectivity index is 1.11. The maximum atomic E-state index is 2.39. The van der Waals surface area contributed by atoms with E-state index in [9.17, 15) is 0 Å². The first-order chi connectivity index (χ1) is 30.0. The minimum Gasteiger partial charge on any atom is -0.310 e. The van der Waals surface area contributed by atoms with Crippen LogP contribution in [0.1, 0.15) is 66.8 Å². The average molecular weight is 805 g/mol. The lowest BCUT2D eigenvalue weighted by Gasteiger charge is -2.29. The number of anilines is 6. The Morgan fingerprint density at radius 3 is 0.919 bits per heavy atom. The lowest BCUT2D eigenvalue weighted by Crippen LogP contribution is -2.12. The van der Waals surface area contributed by atoms with Crippen molar-refractivity contribution in [3.63, 3.8) is 0 Å². The van der Waals surface area contributed by atoms with E-state index in [0.717, 1.165) is 34.1 Å². The van der Waals surface area contributed by atoms with Gasteiger partial charge in [0.15, 0.2) is 0 Å². The minimum atomic E-state index is 1.13. The van der Waals surface area contributed by atoms with Crippen LogP contribution in [0.4, 0.5) is 34.1 Å². The zero-order valence-electron chi connectivity index (χ0n) is 37.4. The second kappa shape index (κ2) is 18.2. The molecule has 0 unspecified atom stereocenters. The highest BCUT2D eigenvalue weighted by molar-refractivity contribution is 5.85. The van der Waals surface area contributed by atoms with Gasteiger partial charge in [0.2, 0.25) is 0 Å². The van der Waals surface area contributed by atoms with Gasteiger partial charge in [0, 0.05) is 34.1 Å². The van der Waals surface area contributed by atoms with Crippen molar-refractivity contribution in [1.29, 1.82) is 0 Å². The molecule has 0 amide bonds. The van der Waals surface area contributed by atoms with Gasteiger partial charge in [0.1, 0.15) is 0 Å². The monoisotopic (exact) mass is 804 g/mol. The van der Waals surface area contributed by atoms with E-state index in [4.69, 9.17) is 0 Å². The number of nitrogens with zero attached hydrogens (tertiary/aromatic N) is 2. The molecule has 0 aliphatic carbocycles. The Kier molecular flexibility index (Phi) is 12.2. The summed E-state index contributed by atoms with van der Waals surface area (Å²) in [5.74, 6) is 0. The van der Waals surface area contributed by atoms with E-state index >= 15 is 0 Å². The van der Waals surface area contributed by atoms with Gasteiger partial charge in [-0.15, -0.1) is 0 Å². The lowest BCUT2D eigenvalue weighted by atomic mass is 9.98. The van der Waals surface area contributed by atoms with Crippen LogP contribution in [0.3, 0.4) is 0 Å². The first kappa shape index (κ1) is 41.6. The van der Waals surface area contributed by atoms with Gasteiger partial charge in [-0.05, 0) is 184 Å².